The molecule has 0 bridgehead atoms. The third-order valence-electron chi connectivity index (χ3n) is 4.27. The minimum absolute atomic E-state index is 0.0534. The maximum Gasteiger partial charge on any atom is 0.332 e. The van der Waals surface area contributed by atoms with E-state index in [-0.39, 0.29) is 17.6 Å². The molecule has 4 nitrogen and oxygen atoms in total. The fourth-order valence-electron chi connectivity index (χ4n) is 2.91. The standard InChI is InChI=1S/C16H28O4/c1-5-9-10-11-16(7-3,8-4)13(15(19)20)12(6-2)14(17)18/h5-11H2,1-4H3,(H,17,18)(H,19,20). The lowest BCUT2D eigenvalue weighted by Gasteiger charge is -2.34. The van der Waals surface area contributed by atoms with E-state index in [1.165, 1.54) is 0 Å². The van der Waals surface area contributed by atoms with Gasteiger partial charge in [0, 0.05) is 11.0 Å². The Hall–Kier alpha value is -1.32. The molecule has 0 aliphatic heterocycles. The first-order valence-electron chi connectivity index (χ1n) is 7.60. The van der Waals surface area contributed by atoms with Crippen molar-refractivity contribution in [1.29, 1.82) is 0 Å². The summed E-state index contributed by atoms with van der Waals surface area (Å²) in [6, 6.07) is 0. The van der Waals surface area contributed by atoms with Crippen molar-refractivity contribution in [3.05, 3.63) is 11.1 Å². The zero-order valence-electron chi connectivity index (χ0n) is 13.2. The summed E-state index contributed by atoms with van der Waals surface area (Å²) in [7, 11) is 0. The second kappa shape index (κ2) is 8.77. The van der Waals surface area contributed by atoms with Gasteiger partial charge >= 0.3 is 11.9 Å². The van der Waals surface area contributed by atoms with Gasteiger partial charge in [0.25, 0.3) is 0 Å². The summed E-state index contributed by atoms with van der Waals surface area (Å²) in [6.45, 7) is 7.71. The van der Waals surface area contributed by atoms with Crippen molar-refractivity contribution in [3.8, 4) is 0 Å². The Bertz CT molecular complexity index is 365. The molecule has 0 spiro atoms. The second-order valence-corrected chi connectivity index (χ2v) is 5.26. The van der Waals surface area contributed by atoms with Gasteiger partial charge in [0.05, 0.1) is 5.57 Å². The van der Waals surface area contributed by atoms with Crippen LogP contribution < -0.4 is 0 Å². The predicted octanol–water partition coefficient (Wildman–Crippen LogP) is 4.25. The number of carboxylic acid groups (broad SMARTS) is 2. The van der Waals surface area contributed by atoms with Gasteiger partial charge in [-0.2, -0.15) is 0 Å². The average Bonchev–Trinajstić information content (AvgIpc) is 2.41. The van der Waals surface area contributed by atoms with E-state index in [4.69, 9.17) is 0 Å². The summed E-state index contributed by atoms with van der Waals surface area (Å²) < 4.78 is 0. The molecule has 0 aromatic carbocycles. The Morgan fingerprint density at radius 1 is 0.900 bits per heavy atom. The van der Waals surface area contributed by atoms with E-state index in [0.717, 1.165) is 25.7 Å². The van der Waals surface area contributed by atoms with Crippen LogP contribution in [0.3, 0.4) is 0 Å². The highest BCUT2D eigenvalue weighted by molar-refractivity contribution is 5.99. The van der Waals surface area contributed by atoms with E-state index in [1.807, 2.05) is 13.8 Å². The molecular formula is C16H28O4. The molecular weight excluding hydrogens is 256 g/mol. The Balaban J connectivity index is 5.78. The Morgan fingerprint density at radius 2 is 1.45 bits per heavy atom. The van der Waals surface area contributed by atoms with Gasteiger partial charge in [-0.15, -0.1) is 0 Å². The van der Waals surface area contributed by atoms with Gasteiger partial charge in [0.1, 0.15) is 0 Å². The SMILES string of the molecule is CCCCCC(CC)(CC)C(C(=O)O)=C(CC)C(=O)O. The van der Waals surface area contributed by atoms with Crippen LogP contribution in [0.15, 0.2) is 11.1 Å². The van der Waals surface area contributed by atoms with Crippen LogP contribution in [0.25, 0.3) is 0 Å². The van der Waals surface area contributed by atoms with Crippen LogP contribution in [0, 0.1) is 5.41 Å². The molecule has 0 radical (unpaired) electrons. The monoisotopic (exact) mass is 284 g/mol. The Labute approximate surface area is 121 Å². The third kappa shape index (κ3) is 4.36. The maximum atomic E-state index is 11.7. The minimum atomic E-state index is -1.10. The largest absolute Gasteiger partial charge is 0.478 e. The normalized spacial score (nSPS) is 13.0. The summed E-state index contributed by atoms with van der Waals surface area (Å²) in [4.78, 5) is 23.0. The smallest absolute Gasteiger partial charge is 0.332 e. The lowest BCUT2D eigenvalue weighted by molar-refractivity contribution is -0.137. The molecule has 0 aliphatic rings. The first kappa shape index (κ1) is 18.7. The van der Waals surface area contributed by atoms with Gasteiger partial charge < -0.3 is 10.2 Å². The molecule has 0 unspecified atom stereocenters. The van der Waals surface area contributed by atoms with E-state index in [1.54, 1.807) is 6.92 Å². The summed E-state index contributed by atoms with van der Waals surface area (Å²) in [5, 5.41) is 18.9. The quantitative estimate of drug-likeness (QED) is 0.464. The van der Waals surface area contributed by atoms with Crippen LogP contribution in [-0.2, 0) is 9.59 Å². The summed E-state index contributed by atoms with van der Waals surface area (Å²) in [6.07, 6.45) is 5.35. The van der Waals surface area contributed by atoms with Crippen LogP contribution in [0.5, 0.6) is 0 Å². The van der Waals surface area contributed by atoms with Crippen LogP contribution in [-0.4, -0.2) is 22.2 Å². The van der Waals surface area contributed by atoms with Crippen molar-refractivity contribution < 1.29 is 19.8 Å². The van der Waals surface area contributed by atoms with Crippen molar-refractivity contribution in [3.63, 3.8) is 0 Å². The summed E-state index contributed by atoms with van der Waals surface area (Å²) in [5.74, 6) is -2.18. The van der Waals surface area contributed by atoms with Gasteiger partial charge in [0.2, 0.25) is 0 Å². The lowest BCUT2D eigenvalue weighted by Crippen LogP contribution is -2.30. The van der Waals surface area contributed by atoms with Crippen LogP contribution in [0.2, 0.25) is 0 Å². The van der Waals surface area contributed by atoms with Crippen molar-refractivity contribution in [2.24, 2.45) is 5.41 Å². The van der Waals surface area contributed by atoms with Gasteiger partial charge in [0.15, 0.2) is 0 Å². The number of hydrogen-bond acceptors (Lipinski definition) is 2. The molecule has 0 saturated carbocycles. The summed E-state index contributed by atoms with van der Waals surface area (Å²) in [5.41, 5.74) is -0.351. The first-order chi connectivity index (χ1) is 9.40. The first-order valence-corrected chi connectivity index (χ1v) is 7.60. The Kier molecular flexibility index (Phi) is 8.19. The minimum Gasteiger partial charge on any atom is -0.478 e. The summed E-state index contributed by atoms with van der Waals surface area (Å²) >= 11 is 0. The van der Waals surface area contributed by atoms with Gasteiger partial charge in [-0.05, 0) is 25.7 Å². The zero-order valence-corrected chi connectivity index (χ0v) is 13.2. The number of aliphatic carboxylic acids is 2. The van der Waals surface area contributed by atoms with Crippen LogP contribution in [0.1, 0.15) is 72.6 Å². The maximum absolute atomic E-state index is 11.7. The molecule has 0 aromatic heterocycles. The predicted molar refractivity (Wildman–Crippen MR) is 79.7 cm³/mol. The van der Waals surface area contributed by atoms with Gasteiger partial charge in [-0.25, -0.2) is 9.59 Å². The van der Waals surface area contributed by atoms with E-state index < -0.39 is 17.4 Å². The number of carboxylic acids is 2. The van der Waals surface area contributed by atoms with Crippen LogP contribution in [0.4, 0.5) is 0 Å². The van der Waals surface area contributed by atoms with Crippen molar-refractivity contribution in [2.45, 2.75) is 72.6 Å². The average molecular weight is 284 g/mol. The van der Waals surface area contributed by atoms with E-state index >= 15 is 0 Å². The molecule has 0 aromatic rings. The van der Waals surface area contributed by atoms with Crippen LogP contribution >= 0.6 is 0 Å². The van der Waals surface area contributed by atoms with E-state index in [0.29, 0.717) is 12.8 Å². The molecule has 20 heavy (non-hydrogen) atoms. The fourth-order valence-corrected chi connectivity index (χ4v) is 2.91. The molecule has 0 fully saturated rings. The zero-order chi connectivity index (χ0) is 15.8. The Morgan fingerprint density at radius 3 is 1.75 bits per heavy atom. The number of unbranched alkanes of at least 4 members (excludes halogenated alkanes) is 2. The van der Waals surface area contributed by atoms with Crippen molar-refractivity contribution >= 4 is 11.9 Å². The molecule has 0 atom stereocenters. The molecule has 0 rings (SSSR count). The molecule has 0 aliphatic carbocycles. The highest BCUT2D eigenvalue weighted by Crippen LogP contribution is 2.42. The fraction of sp³-hybridized carbons (Fsp3) is 0.750. The number of rotatable bonds is 10. The number of hydrogen-bond donors (Lipinski definition) is 2. The lowest BCUT2D eigenvalue weighted by atomic mass is 9.69. The number of carbonyl (C=O) groups is 2. The molecule has 0 amide bonds. The molecule has 2 N–H and O–H groups in total. The van der Waals surface area contributed by atoms with Crippen molar-refractivity contribution in [2.75, 3.05) is 0 Å². The molecule has 116 valence electrons. The van der Waals surface area contributed by atoms with Gasteiger partial charge in [-0.3, -0.25) is 0 Å². The highest BCUT2D eigenvalue weighted by atomic mass is 16.4. The third-order valence-corrected chi connectivity index (χ3v) is 4.27. The van der Waals surface area contributed by atoms with E-state index in [9.17, 15) is 19.8 Å². The molecule has 0 heterocycles. The van der Waals surface area contributed by atoms with Gasteiger partial charge in [-0.1, -0.05) is 47.0 Å². The topological polar surface area (TPSA) is 74.6 Å². The second-order valence-electron chi connectivity index (χ2n) is 5.26. The highest BCUT2D eigenvalue weighted by Gasteiger charge is 2.37. The molecule has 0 saturated heterocycles. The molecule has 4 heteroatoms. The van der Waals surface area contributed by atoms with E-state index in [2.05, 4.69) is 6.92 Å². The van der Waals surface area contributed by atoms with Crippen molar-refractivity contribution in [1.82, 2.24) is 0 Å².